The fraction of sp³-hybridized carbons (Fsp3) is 0.235. The van der Waals surface area contributed by atoms with Gasteiger partial charge in [0.15, 0.2) is 0 Å². The van der Waals surface area contributed by atoms with Gasteiger partial charge in [0.1, 0.15) is 0 Å². The first-order valence-corrected chi connectivity index (χ1v) is 7.17. The zero-order valence-corrected chi connectivity index (χ0v) is 12.7. The largest absolute Gasteiger partial charge is 0.380 e. The number of carbonyl (C=O) groups excluding carboxylic acids is 1. The molecule has 3 nitrogen and oxygen atoms in total. The summed E-state index contributed by atoms with van der Waals surface area (Å²) in [5, 5.41) is 3.63. The topological polar surface area (TPSA) is 38.3 Å². The van der Waals surface area contributed by atoms with E-state index in [1.807, 2.05) is 48.5 Å². The molecule has 0 atom stereocenters. The molecule has 0 aromatic heterocycles. The zero-order valence-electron chi connectivity index (χ0n) is 11.9. The van der Waals surface area contributed by atoms with Crippen molar-refractivity contribution in [2.75, 3.05) is 13.7 Å². The van der Waals surface area contributed by atoms with Crippen LogP contribution in [0.25, 0.3) is 0 Å². The molecule has 0 saturated carbocycles. The number of rotatable bonds is 6. The van der Waals surface area contributed by atoms with Crippen LogP contribution < -0.4 is 5.32 Å². The lowest BCUT2D eigenvalue weighted by atomic mass is 10.1. The van der Waals surface area contributed by atoms with Crippen molar-refractivity contribution in [2.45, 2.75) is 13.0 Å². The Labute approximate surface area is 129 Å². The minimum absolute atomic E-state index is 0.0621. The third-order valence-corrected chi connectivity index (χ3v) is 3.39. The number of benzene rings is 2. The van der Waals surface area contributed by atoms with Crippen molar-refractivity contribution in [1.82, 2.24) is 5.32 Å². The van der Waals surface area contributed by atoms with E-state index in [1.54, 1.807) is 7.11 Å². The molecule has 0 spiro atoms. The highest BCUT2D eigenvalue weighted by Gasteiger charge is 2.04. The van der Waals surface area contributed by atoms with Crippen LogP contribution in [0.2, 0.25) is 5.02 Å². The maximum atomic E-state index is 12.0. The minimum Gasteiger partial charge on any atom is -0.380 e. The zero-order chi connectivity index (χ0) is 15.1. The van der Waals surface area contributed by atoms with Gasteiger partial charge < -0.3 is 10.1 Å². The molecule has 110 valence electrons. The van der Waals surface area contributed by atoms with Crippen molar-refractivity contribution in [3.63, 3.8) is 0 Å². The maximum absolute atomic E-state index is 12.0. The molecule has 0 radical (unpaired) electrons. The van der Waals surface area contributed by atoms with Crippen molar-refractivity contribution in [3.8, 4) is 0 Å². The van der Waals surface area contributed by atoms with Crippen LogP contribution in [0.3, 0.4) is 0 Å². The monoisotopic (exact) mass is 303 g/mol. The standard InChI is InChI=1S/C17H18ClNO2/c1-21-12-14-2-6-15(7-3-14)17(20)19-11-10-13-4-8-16(18)9-5-13/h2-9H,10-12H2,1H3,(H,19,20). The van der Waals surface area contributed by atoms with Crippen molar-refractivity contribution < 1.29 is 9.53 Å². The van der Waals surface area contributed by atoms with Crippen LogP contribution in [-0.2, 0) is 17.8 Å². The Hall–Kier alpha value is -1.84. The normalized spacial score (nSPS) is 10.4. The smallest absolute Gasteiger partial charge is 0.251 e. The summed E-state index contributed by atoms with van der Waals surface area (Å²) in [6.07, 6.45) is 0.782. The van der Waals surface area contributed by atoms with Gasteiger partial charge in [0.25, 0.3) is 5.91 Å². The number of carbonyl (C=O) groups is 1. The molecule has 0 aliphatic heterocycles. The van der Waals surface area contributed by atoms with E-state index < -0.39 is 0 Å². The van der Waals surface area contributed by atoms with Gasteiger partial charge in [-0.25, -0.2) is 0 Å². The van der Waals surface area contributed by atoms with Gasteiger partial charge in [0, 0.05) is 24.2 Å². The number of halogens is 1. The molecule has 0 heterocycles. The Bertz CT molecular complexity index is 579. The van der Waals surface area contributed by atoms with Gasteiger partial charge in [-0.2, -0.15) is 0 Å². The highest BCUT2D eigenvalue weighted by molar-refractivity contribution is 6.30. The summed E-state index contributed by atoms with van der Waals surface area (Å²) in [6, 6.07) is 15.1. The molecule has 0 fully saturated rings. The lowest BCUT2D eigenvalue weighted by Crippen LogP contribution is -2.25. The highest BCUT2D eigenvalue weighted by atomic mass is 35.5. The van der Waals surface area contributed by atoms with Crippen LogP contribution in [0.15, 0.2) is 48.5 Å². The summed E-state index contributed by atoms with van der Waals surface area (Å²) in [5.74, 6) is -0.0621. The summed E-state index contributed by atoms with van der Waals surface area (Å²) in [6.45, 7) is 1.15. The predicted molar refractivity (Wildman–Crippen MR) is 84.6 cm³/mol. The number of methoxy groups -OCH3 is 1. The van der Waals surface area contributed by atoms with Crippen LogP contribution in [-0.4, -0.2) is 19.6 Å². The molecule has 0 aliphatic rings. The van der Waals surface area contributed by atoms with Crippen LogP contribution in [0, 0.1) is 0 Å². The molecule has 0 aliphatic carbocycles. The average Bonchev–Trinajstić information content (AvgIpc) is 2.50. The Morgan fingerprint density at radius 2 is 1.67 bits per heavy atom. The fourth-order valence-corrected chi connectivity index (χ4v) is 2.12. The van der Waals surface area contributed by atoms with Gasteiger partial charge in [-0.05, 0) is 41.8 Å². The summed E-state index contributed by atoms with van der Waals surface area (Å²) in [7, 11) is 1.65. The second-order valence-electron chi connectivity index (χ2n) is 4.76. The van der Waals surface area contributed by atoms with E-state index in [2.05, 4.69) is 5.32 Å². The van der Waals surface area contributed by atoms with E-state index in [4.69, 9.17) is 16.3 Å². The summed E-state index contributed by atoms with van der Waals surface area (Å²) >= 11 is 5.83. The molecule has 2 aromatic carbocycles. The first-order chi connectivity index (χ1) is 10.2. The SMILES string of the molecule is COCc1ccc(C(=O)NCCc2ccc(Cl)cc2)cc1. The summed E-state index contributed by atoms with van der Waals surface area (Å²) in [4.78, 5) is 12.0. The number of ether oxygens (including phenoxy) is 1. The average molecular weight is 304 g/mol. The third kappa shape index (κ3) is 4.88. The first kappa shape index (κ1) is 15.5. The maximum Gasteiger partial charge on any atom is 0.251 e. The first-order valence-electron chi connectivity index (χ1n) is 6.79. The van der Waals surface area contributed by atoms with E-state index in [0.29, 0.717) is 18.7 Å². The summed E-state index contributed by atoms with van der Waals surface area (Å²) < 4.78 is 5.04. The van der Waals surface area contributed by atoms with Crippen molar-refractivity contribution in [2.24, 2.45) is 0 Å². The van der Waals surface area contributed by atoms with Crippen LogP contribution >= 0.6 is 11.6 Å². The van der Waals surface area contributed by atoms with Gasteiger partial charge >= 0.3 is 0 Å². The lowest BCUT2D eigenvalue weighted by Gasteiger charge is -2.06. The number of nitrogens with one attached hydrogen (secondary N) is 1. The quantitative estimate of drug-likeness (QED) is 0.887. The molecular weight excluding hydrogens is 286 g/mol. The summed E-state index contributed by atoms with van der Waals surface area (Å²) in [5.41, 5.74) is 2.86. The van der Waals surface area contributed by atoms with Crippen LogP contribution in [0.1, 0.15) is 21.5 Å². The number of hydrogen-bond donors (Lipinski definition) is 1. The molecular formula is C17H18ClNO2. The predicted octanol–water partition coefficient (Wildman–Crippen LogP) is 3.46. The molecule has 0 saturated heterocycles. The van der Waals surface area contributed by atoms with Crippen molar-refractivity contribution >= 4 is 17.5 Å². The molecule has 0 unspecified atom stereocenters. The van der Waals surface area contributed by atoms with E-state index in [1.165, 1.54) is 0 Å². The van der Waals surface area contributed by atoms with Crippen LogP contribution in [0.5, 0.6) is 0 Å². The Kier molecular flexibility index (Phi) is 5.78. The second-order valence-corrected chi connectivity index (χ2v) is 5.20. The molecule has 21 heavy (non-hydrogen) atoms. The fourth-order valence-electron chi connectivity index (χ4n) is 1.99. The number of amides is 1. The van der Waals surface area contributed by atoms with Crippen molar-refractivity contribution in [3.05, 3.63) is 70.2 Å². The van der Waals surface area contributed by atoms with Gasteiger partial charge in [0.05, 0.1) is 6.61 Å². The van der Waals surface area contributed by atoms with E-state index in [-0.39, 0.29) is 5.91 Å². The van der Waals surface area contributed by atoms with E-state index in [9.17, 15) is 4.79 Å². The lowest BCUT2D eigenvalue weighted by molar-refractivity contribution is 0.0954. The van der Waals surface area contributed by atoms with Gasteiger partial charge in [-0.1, -0.05) is 35.9 Å². The minimum atomic E-state index is -0.0621. The van der Waals surface area contributed by atoms with E-state index in [0.717, 1.165) is 22.6 Å². The van der Waals surface area contributed by atoms with E-state index >= 15 is 0 Å². The third-order valence-electron chi connectivity index (χ3n) is 3.14. The Morgan fingerprint density at radius 1 is 1.05 bits per heavy atom. The molecule has 1 N–H and O–H groups in total. The Balaban J connectivity index is 1.82. The molecule has 2 aromatic rings. The van der Waals surface area contributed by atoms with Crippen LogP contribution in [0.4, 0.5) is 0 Å². The molecule has 4 heteroatoms. The van der Waals surface area contributed by atoms with Gasteiger partial charge in [0.2, 0.25) is 0 Å². The van der Waals surface area contributed by atoms with Gasteiger partial charge in [-0.3, -0.25) is 4.79 Å². The molecule has 0 bridgehead atoms. The highest BCUT2D eigenvalue weighted by Crippen LogP contribution is 2.10. The van der Waals surface area contributed by atoms with Gasteiger partial charge in [-0.15, -0.1) is 0 Å². The number of hydrogen-bond acceptors (Lipinski definition) is 2. The Morgan fingerprint density at radius 3 is 2.29 bits per heavy atom. The molecule has 1 amide bonds. The van der Waals surface area contributed by atoms with Crippen molar-refractivity contribution in [1.29, 1.82) is 0 Å². The molecule has 2 rings (SSSR count). The second kappa shape index (κ2) is 7.81.